The number of likely N-dealkylation sites (N-methyl/N-ethyl adjacent to an activating group) is 2. The Morgan fingerprint density at radius 1 is 1.56 bits per heavy atom. The molecule has 0 aliphatic carbocycles. The fourth-order valence-corrected chi connectivity index (χ4v) is 2.02. The monoisotopic (exact) mass is 259 g/mol. The van der Waals surface area contributed by atoms with E-state index in [1.807, 2.05) is 7.05 Å². The Kier molecular flexibility index (Phi) is 5.36. The zero-order valence-corrected chi connectivity index (χ0v) is 10.8. The first-order chi connectivity index (χ1) is 8.41. The van der Waals surface area contributed by atoms with Gasteiger partial charge < -0.3 is 25.3 Å². The van der Waals surface area contributed by atoms with Crippen LogP contribution in [-0.2, 0) is 4.79 Å². The molecule has 104 valence electrons. The highest BCUT2D eigenvalue weighted by molar-refractivity contribution is 5.76. The number of rotatable bonds is 4. The Morgan fingerprint density at radius 2 is 2.22 bits per heavy atom. The van der Waals surface area contributed by atoms with E-state index in [1.54, 1.807) is 11.9 Å². The second-order valence-corrected chi connectivity index (χ2v) is 4.71. The van der Waals surface area contributed by atoms with Gasteiger partial charge in [-0.2, -0.15) is 0 Å². The number of aliphatic carboxylic acids is 1. The molecule has 1 saturated heterocycles. The molecule has 2 amide bonds. The molecule has 0 aromatic heterocycles. The normalized spacial score (nSPS) is 22.3. The third-order valence-electron chi connectivity index (χ3n) is 3.20. The first kappa shape index (κ1) is 14.7. The van der Waals surface area contributed by atoms with Crippen LogP contribution in [0.15, 0.2) is 0 Å². The van der Waals surface area contributed by atoms with E-state index < -0.39 is 12.1 Å². The number of aliphatic hydroxyl groups is 1. The smallest absolute Gasteiger partial charge is 0.334 e. The fourth-order valence-electron chi connectivity index (χ4n) is 2.02. The van der Waals surface area contributed by atoms with Gasteiger partial charge in [0.2, 0.25) is 0 Å². The summed E-state index contributed by atoms with van der Waals surface area (Å²) in [6, 6.07) is -0.221. The maximum atomic E-state index is 11.8. The van der Waals surface area contributed by atoms with Crippen molar-refractivity contribution in [3.8, 4) is 0 Å². The number of amides is 2. The molecule has 7 heteroatoms. The van der Waals surface area contributed by atoms with Crippen molar-refractivity contribution in [2.45, 2.75) is 25.0 Å². The van der Waals surface area contributed by atoms with E-state index in [0.29, 0.717) is 0 Å². The number of carbonyl (C=O) groups is 2. The standard InChI is InChI=1S/C11H21N3O4/c1-13-5-3-4-8(7-13)14(2)11(18)12-6-9(15)10(16)17/h8-9,15H,3-7H2,1-2H3,(H,12,18)(H,16,17). The summed E-state index contributed by atoms with van der Waals surface area (Å²) in [7, 11) is 3.69. The minimum atomic E-state index is -1.56. The minimum Gasteiger partial charge on any atom is -0.479 e. The number of nitrogens with zero attached hydrogens (tertiary/aromatic N) is 2. The van der Waals surface area contributed by atoms with Gasteiger partial charge in [-0.1, -0.05) is 0 Å². The van der Waals surface area contributed by atoms with Crippen LogP contribution in [0.3, 0.4) is 0 Å². The molecule has 1 aliphatic heterocycles. The first-order valence-corrected chi connectivity index (χ1v) is 6.02. The summed E-state index contributed by atoms with van der Waals surface area (Å²) in [4.78, 5) is 25.9. The number of hydrogen-bond donors (Lipinski definition) is 3. The lowest BCUT2D eigenvalue weighted by atomic mass is 10.1. The summed E-state index contributed by atoms with van der Waals surface area (Å²) in [6.07, 6.45) is 0.420. The number of aliphatic hydroxyl groups excluding tert-OH is 1. The summed E-state index contributed by atoms with van der Waals surface area (Å²) >= 11 is 0. The highest BCUT2D eigenvalue weighted by Crippen LogP contribution is 2.13. The molecule has 3 N–H and O–H groups in total. The zero-order chi connectivity index (χ0) is 13.7. The summed E-state index contributed by atoms with van der Waals surface area (Å²) in [5.41, 5.74) is 0. The largest absolute Gasteiger partial charge is 0.479 e. The third kappa shape index (κ3) is 4.15. The van der Waals surface area contributed by atoms with Crippen molar-refractivity contribution in [1.82, 2.24) is 15.1 Å². The number of piperidine rings is 1. The molecular weight excluding hydrogens is 238 g/mol. The molecule has 2 unspecified atom stereocenters. The van der Waals surface area contributed by atoms with E-state index in [9.17, 15) is 9.59 Å². The molecule has 0 radical (unpaired) electrons. The molecule has 0 aromatic carbocycles. The number of urea groups is 1. The quantitative estimate of drug-likeness (QED) is 0.612. The second-order valence-electron chi connectivity index (χ2n) is 4.71. The van der Waals surface area contributed by atoms with Gasteiger partial charge in [0.1, 0.15) is 0 Å². The van der Waals surface area contributed by atoms with Gasteiger partial charge in [0, 0.05) is 19.6 Å². The third-order valence-corrected chi connectivity index (χ3v) is 3.20. The number of likely N-dealkylation sites (tertiary alicyclic amines) is 1. The van der Waals surface area contributed by atoms with Crippen molar-refractivity contribution in [2.24, 2.45) is 0 Å². The van der Waals surface area contributed by atoms with Crippen LogP contribution in [-0.4, -0.2) is 77.9 Å². The van der Waals surface area contributed by atoms with Crippen LogP contribution < -0.4 is 5.32 Å². The van der Waals surface area contributed by atoms with Gasteiger partial charge >= 0.3 is 12.0 Å². The van der Waals surface area contributed by atoms with E-state index in [2.05, 4.69) is 10.2 Å². The lowest BCUT2D eigenvalue weighted by molar-refractivity contribution is -0.146. The summed E-state index contributed by atoms with van der Waals surface area (Å²) in [6.45, 7) is 1.57. The average molecular weight is 259 g/mol. The SMILES string of the molecule is CN1CCCC(N(C)C(=O)NCC(O)C(=O)O)C1. The molecular formula is C11H21N3O4. The van der Waals surface area contributed by atoms with Gasteiger partial charge in [-0.3, -0.25) is 0 Å². The van der Waals surface area contributed by atoms with Crippen molar-refractivity contribution in [3.63, 3.8) is 0 Å². The molecule has 18 heavy (non-hydrogen) atoms. The van der Waals surface area contributed by atoms with Crippen LogP contribution in [0, 0.1) is 0 Å². The predicted molar refractivity (Wildman–Crippen MR) is 65.3 cm³/mol. The Morgan fingerprint density at radius 3 is 2.78 bits per heavy atom. The van der Waals surface area contributed by atoms with Gasteiger partial charge in [0.15, 0.2) is 6.10 Å². The number of carbonyl (C=O) groups excluding carboxylic acids is 1. The molecule has 0 aromatic rings. The Labute approximate surface area is 106 Å². The maximum Gasteiger partial charge on any atom is 0.334 e. The molecule has 0 saturated carbocycles. The van der Waals surface area contributed by atoms with Crippen LogP contribution in [0.2, 0.25) is 0 Å². The first-order valence-electron chi connectivity index (χ1n) is 6.02. The van der Waals surface area contributed by atoms with Crippen LogP contribution in [0.4, 0.5) is 4.79 Å². The van der Waals surface area contributed by atoms with Crippen molar-refractivity contribution >= 4 is 12.0 Å². The van der Waals surface area contributed by atoms with E-state index in [4.69, 9.17) is 10.2 Å². The van der Waals surface area contributed by atoms with Crippen LogP contribution in [0.5, 0.6) is 0 Å². The Hall–Kier alpha value is -1.34. The molecule has 1 aliphatic rings. The van der Waals surface area contributed by atoms with Gasteiger partial charge in [0.05, 0.1) is 6.54 Å². The van der Waals surface area contributed by atoms with Gasteiger partial charge in [0.25, 0.3) is 0 Å². The van der Waals surface area contributed by atoms with Gasteiger partial charge in [-0.15, -0.1) is 0 Å². The number of carboxylic acids is 1. The highest BCUT2D eigenvalue weighted by atomic mass is 16.4. The summed E-state index contributed by atoms with van der Waals surface area (Å²) < 4.78 is 0. The summed E-state index contributed by atoms with van der Waals surface area (Å²) in [5, 5.41) is 20.0. The minimum absolute atomic E-state index is 0.130. The average Bonchev–Trinajstić information content (AvgIpc) is 2.34. The van der Waals surface area contributed by atoms with Crippen molar-refractivity contribution in [3.05, 3.63) is 0 Å². The van der Waals surface area contributed by atoms with Crippen molar-refractivity contribution in [1.29, 1.82) is 0 Å². The number of carboxylic acid groups (broad SMARTS) is 1. The Bertz CT molecular complexity index is 311. The second kappa shape index (κ2) is 6.55. The van der Waals surface area contributed by atoms with Crippen molar-refractivity contribution < 1.29 is 19.8 Å². The highest BCUT2D eigenvalue weighted by Gasteiger charge is 2.25. The van der Waals surface area contributed by atoms with Gasteiger partial charge in [-0.05, 0) is 26.4 Å². The summed E-state index contributed by atoms with van der Waals surface area (Å²) in [5.74, 6) is -1.34. The maximum absolute atomic E-state index is 11.8. The molecule has 7 nitrogen and oxygen atoms in total. The van der Waals surface area contributed by atoms with E-state index >= 15 is 0 Å². The lowest BCUT2D eigenvalue weighted by Crippen LogP contribution is -2.51. The molecule has 1 rings (SSSR count). The van der Waals surface area contributed by atoms with Crippen LogP contribution >= 0.6 is 0 Å². The van der Waals surface area contributed by atoms with E-state index in [1.165, 1.54) is 0 Å². The fraction of sp³-hybridized carbons (Fsp3) is 0.818. The zero-order valence-electron chi connectivity index (χ0n) is 10.8. The van der Waals surface area contributed by atoms with E-state index in [0.717, 1.165) is 25.9 Å². The molecule has 0 spiro atoms. The number of nitrogens with one attached hydrogen (secondary N) is 1. The Balaban J connectivity index is 2.38. The molecule has 1 heterocycles. The molecule has 1 fully saturated rings. The van der Waals surface area contributed by atoms with Gasteiger partial charge in [-0.25, -0.2) is 9.59 Å². The number of hydrogen-bond acceptors (Lipinski definition) is 4. The van der Waals surface area contributed by atoms with Crippen LogP contribution in [0.1, 0.15) is 12.8 Å². The van der Waals surface area contributed by atoms with Crippen LogP contribution in [0.25, 0.3) is 0 Å². The van der Waals surface area contributed by atoms with Crippen molar-refractivity contribution in [2.75, 3.05) is 33.7 Å². The topological polar surface area (TPSA) is 93.1 Å². The van der Waals surface area contributed by atoms with E-state index in [-0.39, 0.29) is 18.6 Å². The molecule has 2 atom stereocenters. The predicted octanol–water partition coefficient (Wildman–Crippen LogP) is -0.832. The molecule has 0 bridgehead atoms. The lowest BCUT2D eigenvalue weighted by Gasteiger charge is -2.35.